The molecule has 0 bridgehead atoms. The summed E-state index contributed by atoms with van der Waals surface area (Å²) in [5.74, 6) is 1.35. The highest BCUT2D eigenvalue weighted by Crippen LogP contribution is 2.31. The first-order chi connectivity index (χ1) is 14.0. The Balaban J connectivity index is 1.90. The molecule has 2 amide bonds. The molecule has 1 heterocycles. The van der Waals surface area contributed by atoms with Gasteiger partial charge in [-0.15, -0.1) is 11.8 Å². The number of hydrogen-bond donors (Lipinski definition) is 2. The van der Waals surface area contributed by atoms with E-state index in [9.17, 15) is 9.59 Å². The normalized spacial score (nSPS) is 16.0. The molecule has 1 atom stereocenters. The van der Waals surface area contributed by atoms with E-state index in [1.165, 1.54) is 18.9 Å². The van der Waals surface area contributed by atoms with Gasteiger partial charge in [0.15, 0.2) is 0 Å². The van der Waals surface area contributed by atoms with Crippen LogP contribution >= 0.6 is 11.8 Å². The van der Waals surface area contributed by atoms with Crippen LogP contribution in [0.2, 0.25) is 0 Å². The molecule has 0 aromatic heterocycles. The molecule has 0 fully saturated rings. The molecule has 2 N–H and O–H groups in total. The third-order valence-corrected chi connectivity index (χ3v) is 5.49. The van der Waals surface area contributed by atoms with Gasteiger partial charge in [-0.1, -0.05) is 12.1 Å². The van der Waals surface area contributed by atoms with E-state index in [1.54, 1.807) is 26.4 Å². The molecule has 0 saturated carbocycles. The van der Waals surface area contributed by atoms with Gasteiger partial charge >= 0.3 is 12.0 Å². The van der Waals surface area contributed by atoms with E-state index in [0.29, 0.717) is 22.8 Å². The number of benzene rings is 2. The van der Waals surface area contributed by atoms with E-state index in [0.717, 1.165) is 16.2 Å². The van der Waals surface area contributed by atoms with Crippen molar-refractivity contribution in [2.45, 2.75) is 10.9 Å². The molecule has 1 aliphatic rings. The van der Waals surface area contributed by atoms with Crippen LogP contribution in [0.15, 0.2) is 64.7 Å². The van der Waals surface area contributed by atoms with Gasteiger partial charge in [0.05, 0.1) is 32.9 Å². The fraction of sp³-hybridized carbons (Fsp3) is 0.238. The molecule has 0 radical (unpaired) electrons. The van der Waals surface area contributed by atoms with E-state index in [-0.39, 0.29) is 6.03 Å². The molecule has 0 spiro atoms. The molecule has 2 aromatic rings. The second-order valence-electron chi connectivity index (χ2n) is 6.15. The van der Waals surface area contributed by atoms with Crippen molar-refractivity contribution in [3.05, 3.63) is 65.4 Å². The molecule has 152 valence electrons. The van der Waals surface area contributed by atoms with E-state index in [2.05, 4.69) is 10.6 Å². The van der Waals surface area contributed by atoms with E-state index in [4.69, 9.17) is 14.2 Å². The first-order valence-electron chi connectivity index (χ1n) is 8.85. The predicted molar refractivity (Wildman–Crippen MR) is 110 cm³/mol. The Bertz CT molecular complexity index is 910. The number of urea groups is 1. The van der Waals surface area contributed by atoms with Crippen LogP contribution in [-0.2, 0) is 9.53 Å². The van der Waals surface area contributed by atoms with Crippen LogP contribution in [-0.4, -0.2) is 39.1 Å². The molecule has 3 rings (SSSR count). The Morgan fingerprint density at radius 1 is 0.966 bits per heavy atom. The Hall–Kier alpha value is -3.13. The van der Waals surface area contributed by atoms with Crippen LogP contribution in [0.4, 0.5) is 4.79 Å². The van der Waals surface area contributed by atoms with Crippen molar-refractivity contribution in [1.29, 1.82) is 0 Å². The smallest absolute Gasteiger partial charge is 0.338 e. The standard InChI is InChI=1S/C21H22N2O5S/c1-26-14-6-4-13(5-7-14)19-18(20(24)28-3)17(22-21(25)23-19)12-29-16-10-8-15(27-2)9-11-16/h4-11,19H,12H2,1-3H3,(H2,22,23,25)/t19-/m0/s1. The van der Waals surface area contributed by atoms with Crippen molar-refractivity contribution in [1.82, 2.24) is 10.6 Å². The molecule has 8 heteroatoms. The van der Waals surface area contributed by atoms with Crippen molar-refractivity contribution in [2.75, 3.05) is 27.1 Å². The topological polar surface area (TPSA) is 85.9 Å². The van der Waals surface area contributed by atoms with E-state index >= 15 is 0 Å². The third-order valence-electron chi connectivity index (χ3n) is 4.45. The molecule has 29 heavy (non-hydrogen) atoms. The highest BCUT2D eigenvalue weighted by Gasteiger charge is 2.33. The average molecular weight is 414 g/mol. The zero-order chi connectivity index (χ0) is 20.8. The Morgan fingerprint density at radius 3 is 2.10 bits per heavy atom. The molecule has 1 aliphatic heterocycles. The second kappa shape index (κ2) is 9.38. The van der Waals surface area contributed by atoms with E-state index in [1.807, 2.05) is 36.4 Å². The van der Waals surface area contributed by atoms with Gasteiger partial charge in [0.1, 0.15) is 11.5 Å². The lowest BCUT2D eigenvalue weighted by Gasteiger charge is -2.29. The number of ether oxygens (including phenoxy) is 3. The highest BCUT2D eigenvalue weighted by molar-refractivity contribution is 7.99. The Morgan fingerprint density at radius 2 is 1.55 bits per heavy atom. The van der Waals surface area contributed by atoms with Gasteiger partial charge in [0, 0.05) is 16.3 Å². The molecule has 7 nitrogen and oxygen atoms in total. The molecular weight excluding hydrogens is 392 g/mol. The molecule has 0 saturated heterocycles. The summed E-state index contributed by atoms with van der Waals surface area (Å²) in [6.07, 6.45) is 0. The summed E-state index contributed by atoms with van der Waals surface area (Å²) in [5.41, 5.74) is 1.65. The number of nitrogens with one attached hydrogen (secondary N) is 2. The van der Waals surface area contributed by atoms with Gasteiger partial charge < -0.3 is 24.8 Å². The van der Waals surface area contributed by atoms with Crippen LogP contribution in [0, 0.1) is 0 Å². The number of carbonyl (C=O) groups excluding carboxylic acids is 2. The SMILES string of the molecule is COC(=O)C1=C(CSc2ccc(OC)cc2)NC(=O)N[C@H]1c1ccc(OC)cc1. The van der Waals surface area contributed by atoms with Gasteiger partial charge in [0.25, 0.3) is 0 Å². The number of carbonyl (C=O) groups is 2. The molecule has 2 aromatic carbocycles. The lowest BCUT2D eigenvalue weighted by atomic mass is 9.95. The summed E-state index contributed by atoms with van der Waals surface area (Å²) in [5, 5.41) is 5.56. The minimum absolute atomic E-state index is 0.371. The Labute approximate surface area is 173 Å². The first kappa shape index (κ1) is 20.6. The second-order valence-corrected chi connectivity index (χ2v) is 7.20. The van der Waals surface area contributed by atoms with E-state index < -0.39 is 12.0 Å². The minimum atomic E-state index is -0.617. The summed E-state index contributed by atoms with van der Waals surface area (Å²) in [7, 11) is 4.51. The zero-order valence-corrected chi connectivity index (χ0v) is 17.2. The predicted octanol–water partition coefficient (Wildman–Crippen LogP) is 3.28. The fourth-order valence-corrected chi connectivity index (χ4v) is 3.82. The third kappa shape index (κ3) is 4.83. The van der Waals surface area contributed by atoms with Crippen molar-refractivity contribution >= 4 is 23.8 Å². The van der Waals surface area contributed by atoms with Gasteiger partial charge in [0.2, 0.25) is 0 Å². The van der Waals surface area contributed by atoms with Crippen molar-refractivity contribution < 1.29 is 23.8 Å². The van der Waals surface area contributed by atoms with Gasteiger partial charge in [-0.2, -0.15) is 0 Å². The molecular formula is C21H22N2O5S. The lowest BCUT2D eigenvalue weighted by Crippen LogP contribution is -2.46. The maximum Gasteiger partial charge on any atom is 0.338 e. The summed E-state index contributed by atoms with van der Waals surface area (Å²) in [6, 6.07) is 13.8. The number of methoxy groups -OCH3 is 3. The van der Waals surface area contributed by atoms with Crippen molar-refractivity contribution in [2.24, 2.45) is 0 Å². The lowest BCUT2D eigenvalue weighted by molar-refractivity contribution is -0.136. The number of hydrogen-bond acceptors (Lipinski definition) is 6. The van der Waals surface area contributed by atoms with Crippen LogP contribution < -0.4 is 20.1 Å². The van der Waals surface area contributed by atoms with Crippen LogP contribution in [0.1, 0.15) is 11.6 Å². The molecule has 0 unspecified atom stereocenters. The Kier molecular flexibility index (Phi) is 6.66. The number of esters is 1. The fourth-order valence-electron chi connectivity index (χ4n) is 2.96. The van der Waals surface area contributed by atoms with Crippen molar-refractivity contribution in [3.63, 3.8) is 0 Å². The quantitative estimate of drug-likeness (QED) is 0.534. The zero-order valence-electron chi connectivity index (χ0n) is 16.4. The van der Waals surface area contributed by atoms with Gasteiger partial charge in [-0.05, 0) is 42.0 Å². The maximum absolute atomic E-state index is 12.6. The summed E-state index contributed by atoms with van der Waals surface area (Å²) in [4.78, 5) is 25.8. The van der Waals surface area contributed by atoms with Crippen LogP contribution in [0.5, 0.6) is 11.5 Å². The number of thioether (sulfide) groups is 1. The maximum atomic E-state index is 12.6. The monoisotopic (exact) mass is 414 g/mol. The van der Waals surface area contributed by atoms with Gasteiger partial charge in [-0.3, -0.25) is 0 Å². The summed E-state index contributed by atoms with van der Waals surface area (Å²) in [6.45, 7) is 0. The number of amides is 2. The molecule has 0 aliphatic carbocycles. The minimum Gasteiger partial charge on any atom is -0.497 e. The van der Waals surface area contributed by atoms with Crippen LogP contribution in [0.25, 0.3) is 0 Å². The largest absolute Gasteiger partial charge is 0.497 e. The van der Waals surface area contributed by atoms with Crippen LogP contribution in [0.3, 0.4) is 0 Å². The first-order valence-corrected chi connectivity index (χ1v) is 9.84. The summed E-state index contributed by atoms with van der Waals surface area (Å²) >= 11 is 1.50. The van der Waals surface area contributed by atoms with Crippen molar-refractivity contribution in [3.8, 4) is 11.5 Å². The number of rotatable bonds is 7. The average Bonchev–Trinajstić information content (AvgIpc) is 2.77. The van der Waals surface area contributed by atoms with Gasteiger partial charge in [-0.25, -0.2) is 9.59 Å². The highest BCUT2D eigenvalue weighted by atomic mass is 32.2. The summed E-state index contributed by atoms with van der Waals surface area (Å²) < 4.78 is 15.3.